The summed E-state index contributed by atoms with van der Waals surface area (Å²) in [6, 6.07) is 7.79. The van der Waals surface area contributed by atoms with Crippen molar-refractivity contribution in [3.63, 3.8) is 0 Å². The lowest BCUT2D eigenvalue weighted by atomic mass is 9.89. The Balaban J connectivity index is 3.15. The molecule has 0 bridgehead atoms. The Morgan fingerprint density at radius 3 is 2.44 bits per heavy atom. The molecule has 1 aromatic carbocycles. The third-order valence-electron chi connectivity index (χ3n) is 2.57. The lowest BCUT2D eigenvalue weighted by molar-refractivity contribution is -0.122. The molecule has 0 saturated heterocycles. The van der Waals surface area contributed by atoms with Gasteiger partial charge in [-0.15, -0.1) is 0 Å². The Labute approximate surface area is 95.7 Å². The van der Waals surface area contributed by atoms with Crippen molar-refractivity contribution in [3.05, 3.63) is 34.9 Å². The van der Waals surface area contributed by atoms with E-state index >= 15 is 0 Å². The Kier molecular flexibility index (Phi) is 4.21. The van der Waals surface area contributed by atoms with Crippen molar-refractivity contribution in [2.75, 3.05) is 13.7 Å². The van der Waals surface area contributed by atoms with Crippen molar-refractivity contribution >= 4 is 5.78 Å². The zero-order valence-electron chi connectivity index (χ0n) is 9.78. The first-order valence-electron chi connectivity index (χ1n) is 5.09. The number of methoxy groups -OCH3 is 1. The van der Waals surface area contributed by atoms with Crippen LogP contribution in [-0.4, -0.2) is 19.5 Å². The van der Waals surface area contributed by atoms with Gasteiger partial charge in [-0.1, -0.05) is 18.2 Å². The average molecular weight is 217 g/mol. The summed E-state index contributed by atoms with van der Waals surface area (Å²) < 4.78 is 4.79. The van der Waals surface area contributed by atoms with Gasteiger partial charge in [0.2, 0.25) is 0 Å². The summed E-state index contributed by atoms with van der Waals surface area (Å²) >= 11 is 0. The molecular weight excluding hydrogens is 202 g/mol. The van der Waals surface area contributed by atoms with Crippen LogP contribution in [0.25, 0.3) is 0 Å². The zero-order valence-corrected chi connectivity index (χ0v) is 9.78. The van der Waals surface area contributed by atoms with E-state index in [2.05, 4.69) is 6.07 Å². The molecule has 0 N–H and O–H groups in total. The average Bonchev–Trinajstić information content (AvgIpc) is 2.24. The van der Waals surface area contributed by atoms with E-state index in [1.807, 2.05) is 32.0 Å². The Morgan fingerprint density at radius 1 is 1.44 bits per heavy atom. The minimum atomic E-state index is -0.721. The first kappa shape index (κ1) is 12.4. The molecule has 3 heteroatoms. The van der Waals surface area contributed by atoms with E-state index in [0.717, 1.165) is 16.7 Å². The highest BCUT2D eigenvalue weighted by Crippen LogP contribution is 2.24. The number of hydrogen-bond donors (Lipinski definition) is 0. The van der Waals surface area contributed by atoms with Gasteiger partial charge in [0.05, 0.1) is 6.07 Å². The number of ketones is 1. The molecule has 0 aliphatic heterocycles. The van der Waals surface area contributed by atoms with Gasteiger partial charge in [-0.05, 0) is 30.5 Å². The molecule has 0 aliphatic carbocycles. The number of rotatable bonds is 4. The molecule has 0 saturated carbocycles. The monoisotopic (exact) mass is 217 g/mol. The highest BCUT2D eigenvalue weighted by atomic mass is 16.5. The molecule has 0 spiro atoms. The second-order valence-corrected chi connectivity index (χ2v) is 3.77. The van der Waals surface area contributed by atoms with Crippen LogP contribution in [-0.2, 0) is 9.53 Å². The van der Waals surface area contributed by atoms with E-state index in [1.165, 1.54) is 7.11 Å². The summed E-state index contributed by atoms with van der Waals surface area (Å²) in [6.45, 7) is 3.80. The molecule has 1 aromatic rings. The quantitative estimate of drug-likeness (QED) is 0.776. The maximum Gasteiger partial charge on any atom is 0.179 e. The lowest BCUT2D eigenvalue weighted by Gasteiger charge is -2.13. The van der Waals surface area contributed by atoms with Crippen LogP contribution < -0.4 is 0 Å². The second kappa shape index (κ2) is 5.43. The SMILES string of the molecule is COCC(=O)C(C#N)c1c(C)cccc1C. The maximum atomic E-state index is 11.7. The van der Waals surface area contributed by atoms with Gasteiger partial charge in [-0.3, -0.25) is 4.79 Å². The van der Waals surface area contributed by atoms with Crippen molar-refractivity contribution in [2.24, 2.45) is 0 Å². The zero-order chi connectivity index (χ0) is 12.1. The van der Waals surface area contributed by atoms with Gasteiger partial charge in [0.1, 0.15) is 12.5 Å². The van der Waals surface area contributed by atoms with Crippen molar-refractivity contribution in [2.45, 2.75) is 19.8 Å². The summed E-state index contributed by atoms with van der Waals surface area (Å²) in [5.41, 5.74) is 2.75. The first-order chi connectivity index (χ1) is 7.61. The van der Waals surface area contributed by atoms with Crippen LogP contribution in [0.15, 0.2) is 18.2 Å². The van der Waals surface area contributed by atoms with E-state index in [1.54, 1.807) is 0 Å². The summed E-state index contributed by atoms with van der Waals surface area (Å²) in [5.74, 6) is -0.913. The van der Waals surface area contributed by atoms with Crippen LogP contribution in [0.3, 0.4) is 0 Å². The number of carbonyl (C=O) groups is 1. The summed E-state index contributed by atoms with van der Waals surface area (Å²) in [4.78, 5) is 11.7. The van der Waals surface area contributed by atoms with Crippen LogP contribution in [0, 0.1) is 25.2 Å². The first-order valence-corrected chi connectivity index (χ1v) is 5.09. The molecular formula is C13H15NO2. The fraction of sp³-hybridized carbons (Fsp3) is 0.385. The number of Topliss-reactive ketones (excluding diaryl/α,β-unsaturated/α-hetero) is 1. The number of hydrogen-bond acceptors (Lipinski definition) is 3. The fourth-order valence-electron chi connectivity index (χ4n) is 1.81. The fourth-order valence-corrected chi connectivity index (χ4v) is 1.81. The van der Waals surface area contributed by atoms with E-state index in [-0.39, 0.29) is 12.4 Å². The standard InChI is InChI=1S/C13H15NO2/c1-9-5-4-6-10(2)13(9)11(7-14)12(15)8-16-3/h4-6,11H,8H2,1-3H3. The van der Waals surface area contributed by atoms with E-state index in [9.17, 15) is 4.79 Å². The highest BCUT2D eigenvalue weighted by Gasteiger charge is 2.22. The number of ether oxygens (including phenoxy) is 1. The minimum Gasteiger partial charge on any atom is -0.377 e. The lowest BCUT2D eigenvalue weighted by Crippen LogP contribution is -2.18. The summed E-state index contributed by atoms with van der Waals surface area (Å²) in [6.07, 6.45) is 0. The number of nitriles is 1. The van der Waals surface area contributed by atoms with Crippen LogP contribution in [0.2, 0.25) is 0 Å². The van der Waals surface area contributed by atoms with Crippen LogP contribution in [0.1, 0.15) is 22.6 Å². The third-order valence-corrected chi connectivity index (χ3v) is 2.57. The molecule has 84 valence electrons. The van der Waals surface area contributed by atoms with Gasteiger partial charge < -0.3 is 4.74 Å². The molecule has 16 heavy (non-hydrogen) atoms. The Hall–Kier alpha value is -1.66. The topological polar surface area (TPSA) is 50.1 Å². The molecule has 0 aromatic heterocycles. The number of benzene rings is 1. The maximum absolute atomic E-state index is 11.7. The van der Waals surface area contributed by atoms with Crippen LogP contribution in [0.4, 0.5) is 0 Å². The molecule has 3 nitrogen and oxygen atoms in total. The number of aryl methyl sites for hydroxylation is 2. The van der Waals surface area contributed by atoms with Crippen LogP contribution in [0.5, 0.6) is 0 Å². The number of nitrogens with zero attached hydrogens (tertiary/aromatic N) is 1. The molecule has 0 heterocycles. The Bertz CT molecular complexity index is 412. The van der Waals surface area contributed by atoms with Crippen LogP contribution >= 0.6 is 0 Å². The smallest absolute Gasteiger partial charge is 0.179 e. The van der Waals surface area contributed by atoms with Gasteiger partial charge in [-0.2, -0.15) is 5.26 Å². The normalized spacial score (nSPS) is 11.9. The predicted molar refractivity (Wildman–Crippen MR) is 61.2 cm³/mol. The largest absolute Gasteiger partial charge is 0.377 e. The van der Waals surface area contributed by atoms with Crippen molar-refractivity contribution in [1.82, 2.24) is 0 Å². The number of carbonyl (C=O) groups excluding carboxylic acids is 1. The molecule has 0 aliphatic rings. The minimum absolute atomic E-state index is 0.0218. The second-order valence-electron chi connectivity index (χ2n) is 3.77. The van der Waals surface area contributed by atoms with Crippen molar-refractivity contribution in [1.29, 1.82) is 5.26 Å². The Morgan fingerprint density at radius 2 is 2.00 bits per heavy atom. The van der Waals surface area contributed by atoms with Crippen molar-refractivity contribution < 1.29 is 9.53 Å². The summed E-state index contributed by atoms with van der Waals surface area (Å²) in [7, 11) is 1.46. The van der Waals surface area contributed by atoms with E-state index in [4.69, 9.17) is 10.00 Å². The molecule has 1 rings (SSSR count). The van der Waals surface area contributed by atoms with Gasteiger partial charge in [0.15, 0.2) is 5.78 Å². The van der Waals surface area contributed by atoms with E-state index < -0.39 is 5.92 Å². The van der Waals surface area contributed by atoms with Gasteiger partial charge >= 0.3 is 0 Å². The highest BCUT2D eigenvalue weighted by molar-refractivity contribution is 5.90. The molecule has 1 unspecified atom stereocenters. The molecule has 1 atom stereocenters. The van der Waals surface area contributed by atoms with Gasteiger partial charge in [-0.25, -0.2) is 0 Å². The van der Waals surface area contributed by atoms with Gasteiger partial charge in [0.25, 0.3) is 0 Å². The molecule has 0 amide bonds. The third kappa shape index (κ3) is 2.47. The molecule has 0 radical (unpaired) electrons. The summed E-state index contributed by atoms with van der Waals surface area (Å²) in [5, 5.41) is 9.10. The predicted octanol–water partition coefficient (Wildman–Crippen LogP) is 2.13. The van der Waals surface area contributed by atoms with Gasteiger partial charge in [0, 0.05) is 7.11 Å². The van der Waals surface area contributed by atoms with Crippen molar-refractivity contribution in [3.8, 4) is 6.07 Å². The van der Waals surface area contributed by atoms with E-state index in [0.29, 0.717) is 0 Å². The molecule has 0 fully saturated rings.